The van der Waals surface area contributed by atoms with Crippen molar-refractivity contribution < 1.29 is 14.6 Å². The van der Waals surface area contributed by atoms with Crippen LogP contribution < -0.4 is 4.74 Å². The summed E-state index contributed by atoms with van der Waals surface area (Å²) in [5.74, 6) is 0.436. The molecule has 2 aliphatic rings. The van der Waals surface area contributed by atoms with E-state index in [2.05, 4.69) is 6.07 Å². The SMILES string of the molecule is OCC1Cc2ccccc2OC2(CCCC2)O1. The van der Waals surface area contributed by atoms with Gasteiger partial charge in [0.05, 0.1) is 12.7 Å². The maximum absolute atomic E-state index is 9.40. The number of hydrogen-bond donors (Lipinski definition) is 1. The molecule has 1 fully saturated rings. The highest BCUT2D eigenvalue weighted by molar-refractivity contribution is 5.35. The second-order valence-corrected chi connectivity index (χ2v) is 4.95. The van der Waals surface area contributed by atoms with E-state index in [-0.39, 0.29) is 12.7 Å². The summed E-state index contributed by atoms with van der Waals surface area (Å²) < 4.78 is 12.1. The summed E-state index contributed by atoms with van der Waals surface area (Å²) in [5.41, 5.74) is 1.13. The molecule has 0 bridgehead atoms. The lowest BCUT2D eigenvalue weighted by molar-refractivity contribution is -0.207. The first kappa shape index (κ1) is 11.1. The van der Waals surface area contributed by atoms with Gasteiger partial charge < -0.3 is 14.6 Å². The summed E-state index contributed by atoms with van der Waals surface area (Å²) in [4.78, 5) is 0. The van der Waals surface area contributed by atoms with Crippen LogP contribution in [0.5, 0.6) is 5.75 Å². The lowest BCUT2D eigenvalue weighted by Gasteiger charge is -2.31. The molecular formula is C14H18O3. The number of hydrogen-bond acceptors (Lipinski definition) is 3. The van der Waals surface area contributed by atoms with Gasteiger partial charge in [0.15, 0.2) is 0 Å². The van der Waals surface area contributed by atoms with Crippen LogP contribution in [0.3, 0.4) is 0 Å². The van der Waals surface area contributed by atoms with E-state index in [1.807, 2.05) is 18.2 Å². The van der Waals surface area contributed by atoms with Crippen molar-refractivity contribution in [3.63, 3.8) is 0 Å². The second kappa shape index (κ2) is 4.31. The fourth-order valence-electron chi connectivity index (χ4n) is 2.82. The molecule has 1 unspecified atom stereocenters. The highest BCUT2D eigenvalue weighted by Crippen LogP contribution is 2.40. The largest absolute Gasteiger partial charge is 0.462 e. The van der Waals surface area contributed by atoms with Gasteiger partial charge in [-0.25, -0.2) is 0 Å². The molecule has 1 aliphatic carbocycles. The molecule has 1 aromatic carbocycles. The molecule has 1 N–H and O–H groups in total. The average Bonchev–Trinajstić information content (AvgIpc) is 2.72. The average molecular weight is 234 g/mol. The van der Waals surface area contributed by atoms with Gasteiger partial charge in [-0.1, -0.05) is 18.2 Å². The fourth-order valence-corrected chi connectivity index (χ4v) is 2.82. The number of rotatable bonds is 1. The van der Waals surface area contributed by atoms with E-state index in [1.54, 1.807) is 0 Å². The molecule has 92 valence electrons. The van der Waals surface area contributed by atoms with Crippen molar-refractivity contribution in [1.29, 1.82) is 0 Å². The zero-order valence-electron chi connectivity index (χ0n) is 9.89. The zero-order valence-corrected chi connectivity index (χ0v) is 9.89. The Morgan fingerprint density at radius 1 is 1.24 bits per heavy atom. The number of ether oxygens (including phenoxy) is 2. The van der Waals surface area contributed by atoms with Gasteiger partial charge in [0.1, 0.15) is 5.75 Å². The molecule has 1 spiro atoms. The van der Waals surface area contributed by atoms with Crippen molar-refractivity contribution in [2.24, 2.45) is 0 Å². The molecule has 3 nitrogen and oxygen atoms in total. The lowest BCUT2D eigenvalue weighted by atomic mass is 10.1. The Morgan fingerprint density at radius 3 is 2.76 bits per heavy atom. The third kappa shape index (κ3) is 2.05. The van der Waals surface area contributed by atoms with Gasteiger partial charge in [-0.3, -0.25) is 0 Å². The first-order valence-corrected chi connectivity index (χ1v) is 6.37. The van der Waals surface area contributed by atoms with E-state index >= 15 is 0 Å². The number of aliphatic hydroxyl groups is 1. The molecule has 0 saturated heterocycles. The van der Waals surface area contributed by atoms with Crippen molar-refractivity contribution >= 4 is 0 Å². The van der Waals surface area contributed by atoms with Crippen LogP contribution in [0.25, 0.3) is 0 Å². The summed E-state index contributed by atoms with van der Waals surface area (Å²) in [7, 11) is 0. The second-order valence-electron chi connectivity index (χ2n) is 4.95. The fraction of sp³-hybridized carbons (Fsp3) is 0.571. The van der Waals surface area contributed by atoms with E-state index in [0.29, 0.717) is 0 Å². The van der Waals surface area contributed by atoms with Crippen molar-refractivity contribution in [1.82, 2.24) is 0 Å². The van der Waals surface area contributed by atoms with Crippen molar-refractivity contribution in [3.8, 4) is 5.75 Å². The van der Waals surface area contributed by atoms with Crippen LogP contribution >= 0.6 is 0 Å². The van der Waals surface area contributed by atoms with E-state index in [4.69, 9.17) is 9.47 Å². The Labute approximate surface area is 101 Å². The smallest absolute Gasteiger partial charge is 0.210 e. The van der Waals surface area contributed by atoms with Crippen LogP contribution in [-0.2, 0) is 11.2 Å². The molecule has 1 heterocycles. The van der Waals surface area contributed by atoms with Crippen LogP contribution in [-0.4, -0.2) is 23.6 Å². The predicted octanol–water partition coefficient (Wildman–Crippen LogP) is 2.27. The summed E-state index contributed by atoms with van der Waals surface area (Å²) in [6.45, 7) is 0.0550. The van der Waals surface area contributed by atoms with Crippen LogP contribution in [0.2, 0.25) is 0 Å². The third-order valence-electron chi connectivity index (χ3n) is 3.67. The molecule has 17 heavy (non-hydrogen) atoms. The topological polar surface area (TPSA) is 38.7 Å². The van der Waals surface area contributed by atoms with Gasteiger partial charge >= 0.3 is 0 Å². The molecule has 0 radical (unpaired) electrons. The van der Waals surface area contributed by atoms with Gasteiger partial charge in [-0.2, -0.15) is 0 Å². The normalized spacial score (nSPS) is 26.3. The summed E-state index contributed by atoms with van der Waals surface area (Å²) in [6, 6.07) is 8.04. The van der Waals surface area contributed by atoms with Crippen molar-refractivity contribution in [3.05, 3.63) is 29.8 Å². The minimum absolute atomic E-state index is 0.0550. The van der Waals surface area contributed by atoms with Crippen LogP contribution in [0.4, 0.5) is 0 Å². The van der Waals surface area contributed by atoms with Gasteiger partial charge in [0.2, 0.25) is 5.79 Å². The third-order valence-corrected chi connectivity index (χ3v) is 3.67. The minimum Gasteiger partial charge on any atom is -0.462 e. The van der Waals surface area contributed by atoms with Gasteiger partial charge in [-0.15, -0.1) is 0 Å². The summed E-state index contributed by atoms with van der Waals surface area (Å²) in [5, 5.41) is 9.40. The zero-order chi connectivity index (χ0) is 11.7. The van der Waals surface area contributed by atoms with Crippen molar-refractivity contribution in [2.45, 2.75) is 44.0 Å². The molecular weight excluding hydrogens is 216 g/mol. The number of fused-ring (bicyclic) bond motifs is 1. The highest BCUT2D eigenvalue weighted by atomic mass is 16.7. The first-order valence-electron chi connectivity index (χ1n) is 6.37. The predicted molar refractivity (Wildman–Crippen MR) is 63.9 cm³/mol. The minimum atomic E-state index is -0.486. The number of para-hydroxylation sites is 1. The van der Waals surface area contributed by atoms with Crippen molar-refractivity contribution in [2.75, 3.05) is 6.61 Å². The van der Waals surface area contributed by atoms with E-state index in [9.17, 15) is 5.11 Å². The van der Waals surface area contributed by atoms with Gasteiger partial charge in [-0.05, 0) is 24.5 Å². The number of benzene rings is 1. The molecule has 1 atom stereocenters. The quantitative estimate of drug-likeness (QED) is 0.810. The van der Waals surface area contributed by atoms with Gasteiger partial charge in [0, 0.05) is 19.3 Å². The lowest BCUT2D eigenvalue weighted by Crippen LogP contribution is -2.39. The van der Waals surface area contributed by atoms with E-state index in [0.717, 1.165) is 43.4 Å². The molecule has 3 rings (SSSR count). The molecule has 1 aromatic rings. The maximum atomic E-state index is 9.40. The molecule has 1 aliphatic heterocycles. The van der Waals surface area contributed by atoms with E-state index < -0.39 is 5.79 Å². The number of aliphatic hydroxyl groups excluding tert-OH is 1. The Kier molecular flexibility index (Phi) is 2.81. The molecule has 0 aromatic heterocycles. The van der Waals surface area contributed by atoms with Crippen LogP contribution in [0, 0.1) is 0 Å². The Bertz CT molecular complexity index is 396. The summed E-state index contributed by atoms with van der Waals surface area (Å²) in [6.07, 6.45) is 4.72. The van der Waals surface area contributed by atoms with Crippen LogP contribution in [0.1, 0.15) is 31.2 Å². The Morgan fingerprint density at radius 2 is 2.00 bits per heavy atom. The van der Waals surface area contributed by atoms with Crippen LogP contribution in [0.15, 0.2) is 24.3 Å². The summed E-state index contributed by atoms with van der Waals surface area (Å²) >= 11 is 0. The Hall–Kier alpha value is -1.06. The monoisotopic (exact) mass is 234 g/mol. The first-order chi connectivity index (χ1) is 8.31. The molecule has 0 amide bonds. The van der Waals surface area contributed by atoms with E-state index in [1.165, 1.54) is 0 Å². The molecule has 3 heteroatoms. The standard InChI is InChI=1S/C14H18O3/c15-10-12-9-11-5-1-2-6-13(11)17-14(16-12)7-3-4-8-14/h1-2,5-6,12,15H,3-4,7-10H2. The van der Waals surface area contributed by atoms with Gasteiger partial charge in [0.25, 0.3) is 0 Å². The molecule has 1 saturated carbocycles. The maximum Gasteiger partial charge on any atom is 0.210 e. The Balaban J connectivity index is 1.96. The highest BCUT2D eigenvalue weighted by Gasteiger charge is 2.41.